The molecular weight excluding hydrogens is 212 g/mol. The van der Waals surface area contributed by atoms with Crippen LogP contribution in [0, 0.1) is 5.41 Å². The Morgan fingerprint density at radius 3 is 2.35 bits per heavy atom. The van der Waals surface area contributed by atoms with Crippen molar-refractivity contribution in [3.63, 3.8) is 0 Å². The van der Waals surface area contributed by atoms with Crippen molar-refractivity contribution >= 4 is 0 Å². The lowest BCUT2D eigenvalue weighted by molar-refractivity contribution is -0.0770. The van der Waals surface area contributed by atoms with Gasteiger partial charge in [0, 0.05) is 26.2 Å². The van der Waals surface area contributed by atoms with E-state index in [1.54, 1.807) is 0 Å². The van der Waals surface area contributed by atoms with Crippen molar-refractivity contribution < 1.29 is 4.74 Å². The highest BCUT2D eigenvalue weighted by Gasteiger charge is 2.29. The van der Waals surface area contributed by atoms with E-state index >= 15 is 0 Å². The number of rotatable bonds is 6. The zero-order valence-corrected chi connectivity index (χ0v) is 12.3. The molecule has 1 saturated heterocycles. The average Bonchev–Trinajstić information content (AvgIpc) is 2.15. The molecule has 102 valence electrons. The summed E-state index contributed by atoms with van der Waals surface area (Å²) in [5.41, 5.74) is 0.389. The molecule has 1 fully saturated rings. The van der Waals surface area contributed by atoms with Gasteiger partial charge in [0.1, 0.15) is 0 Å². The van der Waals surface area contributed by atoms with Crippen molar-refractivity contribution in [1.82, 2.24) is 10.2 Å². The first kappa shape index (κ1) is 14.9. The first-order valence-electron chi connectivity index (χ1n) is 7.01. The maximum absolute atomic E-state index is 5.79. The number of hydrogen-bond donors (Lipinski definition) is 1. The van der Waals surface area contributed by atoms with Crippen molar-refractivity contribution in [3.8, 4) is 0 Å². The van der Waals surface area contributed by atoms with E-state index in [0.29, 0.717) is 17.6 Å². The van der Waals surface area contributed by atoms with Crippen molar-refractivity contribution in [2.75, 3.05) is 33.2 Å². The second-order valence-corrected chi connectivity index (χ2v) is 6.04. The molecule has 1 rings (SSSR count). The topological polar surface area (TPSA) is 24.5 Å². The molecular formula is C14H30N2O. The van der Waals surface area contributed by atoms with Gasteiger partial charge in [-0.15, -0.1) is 0 Å². The molecule has 17 heavy (non-hydrogen) atoms. The van der Waals surface area contributed by atoms with Crippen LogP contribution in [0.5, 0.6) is 0 Å². The summed E-state index contributed by atoms with van der Waals surface area (Å²) < 4.78 is 5.79. The van der Waals surface area contributed by atoms with E-state index in [2.05, 4.69) is 45.0 Å². The highest BCUT2D eigenvalue weighted by atomic mass is 16.5. The summed E-state index contributed by atoms with van der Waals surface area (Å²) >= 11 is 0. The number of nitrogens with zero attached hydrogens (tertiary/aromatic N) is 1. The molecule has 0 saturated carbocycles. The first-order chi connectivity index (χ1) is 7.99. The van der Waals surface area contributed by atoms with Crippen molar-refractivity contribution in [1.29, 1.82) is 0 Å². The van der Waals surface area contributed by atoms with Gasteiger partial charge < -0.3 is 10.1 Å². The largest absolute Gasteiger partial charge is 0.373 e. The fourth-order valence-electron chi connectivity index (χ4n) is 3.21. The minimum Gasteiger partial charge on any atom is -0.373 e. The van der Waals surface area contributed by atoms with E-state index < -0.39 is 0 Å². The molecule has 0 amide bonds. The zero-order valence-electron chi connectivity index (χ0n) is 12.3. The van der Waals surface area contributed by atoms with Crippen LogP contribution >= 0.6 is 0 Å². The Bertz CT molecular complexity index is 204. The molecule has 1 unspecified atom stereocenters. The Labute approximate surface area is 107 Å². The molecule has 3 heteroatoms. The van der Waals surface area contributed by atoms with Gasteiger partial charge in [0.05, 0.1) is 12.2 Å². The maximum Gasteiger partial charge on any atom is 0.0678 e. The molecule has 0 bridgehead atoms. The Balaban J connectivity index is 2.53. The predicted octanol–water partition coefficient (Wildman–Crippen LogP) is 2.12. The van der Waals surface area contributed by atoms with Gasteiger partial charge in [-0.1, -0.05) is 20.3 Å². The molecule has 1 aliphatic rings. The third-order valence-corrected chi connectivity index (χ3v) is 3.56. The summed E-state index contributed by atoms with van der Waals surface area (Å²) in [6.07, 6.45) is 3.29. The first-order valence-corrected chi connectivity index (χ1v) is 7.01. The lowest BCUT2D eigenvalue weighted by atomic mass is 9.84. The van der Waals surface area contributed by atoms with Gasteiger partial charge in [0.15, 0.2) is 0 Å². The third-order valence-electron chi connectivity index (χ3n) is 3.56. The average molecular weight is 242 g/mol. The van der Waals surface area contributed by atoms with E-state index in [0.717, 1.165) is 19.6 Å². The minimum atomic E-state index is 0.374. The van der Waals surface area contributed by atoms with Gasteiger partial charge in [-0.2, -0.15) is 0 Å². The highest BCUT2D eigenvalue weighted by Crippen LogP contribution is 2.25. The van der Waals surface area contributed by atoms with Crippen LogP contribution in [0.1, 0.15) is 40.5 Å². The third kappa shape index (κ3) is 4.94. The maximum atomic E-state index is 5.79. The van der Waals surface area contributed by atoms with Crippen molar-refractivity contribution in [2.24, 2.45) is 5.41 Å². The summed E-state index contributed by atoms with van der Waals surface area (Å²) in [6, 6.07) is 0. The molecule has 0 aliphatic carbocycles. The molecule has 1 heterocycles. The van der Waals surface area contributed by atoms with E-state index in [1.807, 2.05) is 0 Å². The molecule has 0 radical (unpaired) electrons. The fourth-order valence-corrected chi connectivity index (χ4v) is 3.21. The monoisotopic (exact) mass is 242 g/mol. The van der Waals surface area contributed by atoms with Gasteiger partial charge in [-0.25, -0.2) is 0 Å². The standard InChI is InChI=1S/C14H30N2O/c1-6-7-14(4,10-15-5)11-16-8-12(2)17-13(3)9-16/h12-13,15H,6-11H2,1-5H3/t12-,13+,14?. The molecule has 0 aromatic rings. The van der Waals surface area contributed by atoms with E-state index in [9.17, 15) is 0 Å². The lowest BCUT2D eigenvalue weighted by Gasteiger charge is -2.41. The van der Waals surface area contributed by atoms with Gasteiger partial charge in [-0.05, 0) is 32.7 Å². The smallest absolute Gasteiger partial charge is 0.0678 e. The normalized spacial score (nSPS) is 30.2. The van der Waals surface area contributed by atoms with E-state index in [4.69, 9.17) is 4.74 Å². The van der Waals surface area contributed by atoms with Gasteiger partial charge >= 0.3 is 0 Å². The molecule has 3 nitrogen and oxygen atoms in total. The second kappa shape index (κ2) is 6.72. The highest BCUT2D eigenvalue weighted by molar-refractivity contribution is 4.83. The fraction of sp³-hybridized carbons (Fsp3) is 1.00. The predicted molar refractivity (Wildman–Crippen MR) is 73.4 cm³/mol. The van der Waals surface area contributed by atoms with Crippen LogP contribution in [0.2, 0.25) is 0 Å². The Kier molecular flexibility index (Phi) is 5.90. The van der Waals surface area contributed by atoms with Crippen LogP contribution in [0.15, 0.2) is 0 Å². The van der Waals surface area contributed by atoms with E-state index in [1.165, 1.54) is 19.4 Å². The van der Waals surface area contributed by atoms with Crippen molar-refractivity contribution in [2.45, 2.75) is 52.7 Å². The SMILES string of the molecule is CCCC(C)(CNC)CN1C[C@@H](C)O[C@@H](C)C1. The zero-order chi connectivity index (χ0) is 12.9. The van der Waals surface area contributed by atoms with Crippen LogP contribution in [0.4, 0.5) is 0 Å². The van der Waals surface area contributed by atoms with Crippen LogP contribution < -0.4 is 5.32 Å². The van der Waals surface area contributed by atoms with Gasteiger partial charge in [0.25, 0.3) is 0 Å². The van der Waals surface area contributed by atoms with Gasteiger partial charge in [-0.3, -0.25) is 4.90 Å². The molecule has 3 atom stereocenters. The van der Waals surface area contributed by atoms with Gasteiger partial charge in [0.2, 0.25) is 0 Å². The molecule has 0 aromatic heterocycles. The Hall–Kier alpha value is -0.120. The van der Waals surface area contributed by atoms with Crippen LogP contribution in [0.25, 0.3) is 0 Å². The minimum absolute atomic E-state index is 0.374. The second-order valence-electron chi connectivity index (χ2n) is 6.04. The van der Waals surface area contributed by atoms with Crippen LogP contribution in [-0.4, -0.2) is 50.3 Å². The summed E-state index contributed by atoms with van der Waals surface area (Å²) in [5.74, 6) is 0. The quantitative estimate of drug-likeness (QED) is 0.772. The Morgan fingerprint density at radius 2 is 1.88 bits per heavy atom. The summed E-state index contributed by atoms with van der Waals surface area (Å²) in [5, 5.41) is 3.35. The number of hydrogen-bond acceptors (Lipinski definition) is 3. The summed E-state index contributed by atoms with van der Waals surface area (Å²) in [6.45, 7) is 13.5. The number of morpholine rings is 1. The van der Waals surface area contributed by atoms with E-state index in [-0.39, 0.29) is 0 Å². The molecule has 0 spiro atoms. The molecule has 1 aliphatic heterocycles. The molecule has 1 N–H and O–H groups in total. The number of ether oxygens (including phenoxy) is 1. The van der Waals surface area contributed by atoms with Crippen molar-refractivity contribution in [3.05, 3.63) is 0 Å². The Morgan fingerprint density at radius 1 is 1.29 bits per heavy atom. The molecule has 0 aromatic carbocycles. The van der Waals surface area contributed by atoms with Crippen LogP contribution in [-0.2, 0) is 4.74 Å². The lowest BCUT2D eigenvalue weighted by Crippen LogP contribution is -2.50. The summed E-state index contributed by atoms with van der Waals surface area (Å²) in [7, 11) is 2.05. The van der Waals surface area contributed by atoms with Crippen LogP contribution in [0.3, 0.4) is 0 Å². The number of nitrogens with one attached hydrogen (secondary N) is 1. The summed E-state index contributed by atoms with van der Waals surface area (Å²) in [4.78, 5) is 2.58.